The van der Waals surface area contributed by atoms with Crippen LogP contribution in [0.1, 0.15) is 0 Å². The van der Waals surface area contributed by atoms with Crippen molar-refractivity contribution in [1.29, 1.82) is 0 Å². The van der Waals surface area contributed by atoms with Gasteiger partial charge in [0, 0.05) is 14.2 Å². The molecule has 0 radical (unpaired) electrons. The molecule has 20 heavy (non-hydrogen) atoms. The molecular formula is C15H10ClIN2O. The lowest BCUT2D eigenvalue weighted by Gasteiger charge is -2.05. The van der Waals surface area contributed by atoms with E-state index in [1.54, 1.807) is 0 Å². The maximum atomic E-state index is 6.08. The molecule has 0 atom stereocenters. The van der Waals surface area contributed by atoms with Gasteiger partial charge in [-0.2, -0.15) is 0 Å². The minimum Gasteiger partial charge on any atom is -0.367 e. The summed E-state index contributed by atoms with van der Waals surface area (Å²) in [6.45, 7) is 0. The van der Waals surface area contributed by atoms with Gasteiger partial charge in [-0.25, -0.2) is 0 Å². The molecule has 3 rings (SSSR count). The number of hydrogen-bond acceptors (Lipinski definition) is 3. The van der Waals surface area contributed by atoms with E-state index in [1.807, 2.05) is 48.5 Å². The third kappa shape index (κ3) is 2.41. The lowest BCUT2D eigenvalue weighted by Crippen LogP contribution is -1.89. The van der Waals surface area contributed by atoms with Crippen molar-refractivity contribution >= 4 is 40.1 Å². The number of nitrogen functional groups attached to an aromatic ring is 1. The third-order valence-corrected chi connectivity index (χ3v) is 4.14. The SMILES string of the molecule is Nc1onc(-c2cc(Cl)ccc2I)c1-c1ccccc1. The number of aromatic nitrogens is 1. The van der Waals surface area contributed by atoms with Crippen molar-refractivity contribution < 1.29 is 4.52 Å². The zero-order valence-corrected chi connectivity index (χ0v) is 13.2. The summed E-state index contributed by atoms with van der Waals surface area (Å²) < 4.78 is 6.22. The van der Waals surface area contributed by atoms with Crippen molar-refractivity contribution in [3.8, 4) is 22.4 Å². The molecule has 0 amide bonds. The van der Waals surface area contributed by atoms with Gasteiger partial charge in [0.05, 0.1) is 5.56 Å². The molecule has 0 aliphatic rings. The van der Waals surface area contributed by atoms with E-state index >= 15 is 0 Å². The van der Waals surface area contributed by atoms with E-state index in [2.05, 4.69) is 27.7 Å². The molecule has 3 nitrogen and oxygen atoms in total. The maximum absolute atomic E-state index is 6.08. The summed E-state index contributed by atoms with van der Waals surface area (Å²) in [7, 11) is 0. The molecule has 0 fully saturated rings. The molecule has 1 aromatic heterocycles. The molecule has 0 unspecified atom stereocenters. The van der Waals surface area contributed by atoms with Crippen LogP contribution in [-0.2, 0) is 0 Å². The Labute approximate surface area is 134 Å². The average Bonchev–Trinajstić information content (AvgIpc) is 2.84. The monoisotopic (exact) mass is 396 g/mol. The quantitative estimate of drug-likeness (QED) is 0.630. The second kappa shape index (κ2) is 5.46. The Morgan fingerprint density at radius 1 is 1.10 bits per heavy atom. The Morgan fingerprint density at radius 3 is 2.60 bits per heavy atom. The third-order valence-electron chi connectivity index (χ3n) is 2.96. The van der Waals surface area contributed by atoms with Crippen LogP contribution in [0.5, 0.6) is 0 Å². The fraction of sp³-hybridized carbons (Fsp3) is 0. The predicted molar refractivity (Wildman–Crippen MR) is 89.5 cm³/mol. The highest BCUT2D eigenvalue weighted by molar-refractivity contribution is 14.1. The molecule has 0 saturated carbocycles. The lowest BCUT2D eigenvalue weighted by molar-refractivity contribution is 0.439. The number of halogens is 2. The van der Waals surface area contributed by atoms with Crippen LogP contribution in [0.15, 0.2) is 53.1 Å². The van der Waals surface area contributed by atoms with Gasteiger partial charge in [0.15, 0.2) is 0 Å². The highest BCUT2D eigenvalue weighted by atomic mass is 127. The van der Waals surface area contributed by atoms with Crippen molar-refractivity contribution in [3.63, 3.8) is 0 Å². The molecule has 2 aromatic carbocycles. The summed E-state index contributed by atoms with van der Waals surface area (Å²) in [6, 6.07) is 15.5. The van der Waals surface area contributed by atoms with Gasteiger partial charge in [-0.1, -0.05) is 47.1 Å². The van der Waals surface area contributed by atoms with Gasteiger partial charge in [-0.05, 0) is 46.4 Å². The van der Waals surface area contributed by atoms with Crippen LogP contribution in [0.25, 0.3) is 22.4 Å². The van der Waals surface area contributed by atoms with Crippen molar-refractivity contribution in [2.45, 2.75) is 0 Å². The second-order valence-corrected chi connectivity index (χ2v) is 5.86. The van der Waals surface area contributed by atoms with Gasteiger partial charge in [-0.3, -0.25) is 0 Å². The number of rotatable bonds is 2. The largest absolute Gasteiger partial charge is 0.367 e. The molecule has 0 spiro atoms. The smallest absolute Gasteiger partial charge is 0.230 e. The van der Waals surface area contributed by atoms with Gasteiger partial charge in [0.1, 0.15) is 5.69 Å². The zero-order valence-electron chi connectivity index (χ0n) is 10.3. The first-order valence-electron chi connectivity index (χ1n) is 5.93. The van der Waals surface area contributed by atoms with Crippen molar-refractivity contribution in [1.82, 2.24) is 5.16 Å². The van der Waals surface area contributed by atoms with Crippen LogP contribution in [0.4, 0.5) is 5.88 Å². The minimum absolute atomic E-state index is 0.307. The Balaban J connectivity index is 2.24. The van der Waals surface area contributed by atoms with Crippen LogP contribution in [0, 0.1) is 3.57 Å². The predicted octanol–water partition coefficient (Wildman–Crippen LogP) is 4.85. The highest BCUT2D eigenvalue weighted by Gasteiger charge is 2.19. The summed E-state index contributed by atoms with van der Waals surface area (Å²) in [5.41, 5.74) is 9.32. The van der Waals surface area contributed by atoms with Gasteiger partial charge in [-0.15, -0.1) is 0 Å². The van der Waals surface area contributed by atoms with Crippen LogP contribution >= 0.6 is 34.2 Å². The van der Waals surface area contributed by atoms with Crippen LogP contribution < -0.4 is 5.73 Å². The fourth-order valence-electron chi connectivity index (χ4n) is 2.05. The molecule has 3 aromatic rings. The molecule has 5 heteroatoms. The van der Waals surface area contributed by atoms with E-state index in [4.69, 9.17) is 21.9 Å². The van der Waals surface area contributed by atoms with E-state index in [0.717, 1.165) is 20.3 Å². The van der Waals surface area contributed by atoms with Crippen molar-refractivity contribution in [2.75, 3.05) is 5.73 Å². The van der Waals surface area contributed by atoms with Crippen molar-refractivity contribution in [3.05, 3.63) is 57.1 Å². The number of hydrogen-bond donors (Lipinski definition) is 1. The number of benzene rings is 2. The molecular weight excluding hydrogens is 387 g/mol. The van der Waals surface area contributed by atoms with Gasteiger partial charge >= 0.3 is 0 Å². The standard InChI is InChI=1S/C15H10ClIN2O/c16-10-6-7-12(17)11(8-10)14-13(15(18)20-19-14)9-4-2-1-3-5-9/h1-8H,18H2. The number of anilines is 1. The summed E-state index contributed by atoms with van der Waals surface area (Å²) in [5, 5.41) is 4.75. The molecule has 0 saturated heterocycles. The average molecular weight is 397 g/mol. The van der Waals surface area contributed by atoms with Crippen LogP contribution in [-0.4, -0.2) is 5.16 Å². The van der Waals surface area contributed by atoms with Gasteiger partial charge < -0.3 is 10.3 Å². The molecule has 100 valence electrons. The van der Waals surface area contributed by atoms with E-state index in [1.165, 1.54) is 0 Å². The Bertz CT molecular complexity index is 756. The topological polar surface area (TPSA) is 52.0 Å². The lowest BCUT2D eigenvalue weighted by atomic mass is 10.0. The normalized spacial score (nSPS) is 10.7. The van der Waals surface area contributed by atoms with E-state index in [0.29, 0.717) is 16.6 Å². The van der Waals surface area contributed by atoms with Gasteiger partial charge in [0.2, 0.25) is 5.88 Å². The van der Waals surface area contributed by atoms with E-state index in [-0.39, 0.29) is 0 Å². The van der Waals surface area contributed by atoms with Crippen molar-refractivity contribution in [2.24, 2.45) is 0 Å². The highest BCUT2D eigenvalue weighted by Crippen LogP contribution is 2.38. The molecule has 0 bridgehead atoms. The maximum Gasteiger partial charge on any atom is 0.230 e. The van der Waals surface area contributed by atoms with E-state index in [9.17, 15) is 0 Å². The fourth-order valence-corrected chi connectivity index (χ4v) is 2.81. The second-order valence-electron chi connectivity index (χ2n) is 4.26. The molecule has 1 heterocycles. The summed E-state index contributed by atoms with van der Waals surface area (Å²) >= 11 is 8.32. The zero-order chi connectivity index (χ0) is 14.1. The summed E-state index contributed by atoms with van der Waals surface area (Å²) in [5.74, 6) is 0.307. The first kappa shape index (κ1) is 13.5. The summed E-state index contributed by atoms with van der Waals surface area (Å²) in [6.07, 6.45) is 0. The molecule has 0 aliphatic carbocycles. The van der Waals surface area contributed by atoms with E-state index < -0.39 is 0 Å². The van der Waals surface area contributed by atoms with Gasteiger partial charge in [0.25, 0.3) is 0 Å². The molecule has 2 N–H and O–H groups in total. The molecule has 0 aliphatic heterocycles. The van der Waals surface area contributed by atoms with Crippen LogP contribution in [0.3, 0.4) is 0 Å². The first-order valence-corrected chi connectivity index (χ1v) is 7.38. The Morgan fingerprint density at radius 2 is 1.85 bits per heavy atom. The Hall–Kier alpha value is -1.53. The first-order chi connectivity index (χ1) is 9.66. The number of nitrogens with two attached hydrogens (primary N) is 1. The summed E-state index contributed by atoms with van der Waals surface area (Å²) in [4.78, 5) is 0. The Kier molecular flexibility index (Phi) is 3.67. The van der Waals surface area contributed by atoms with Crippen LogP contribution in [0.2, 0.25) is 5.02 Å². The minimum atomic E-state index is 0.307. The number of nitrogens with zero attached hydrogens (tertiary/aromatic N) is 1.